The van der Waals surface area contributed by atoms with Gasteiger partial charge in [0.05, 0.1) is 0 Å². The summed E-state index contributed by atoms with van der Waals surface area (Å²) in [5.41, 5.74) is 0. The summed E-state index contributed by atoms with van der Waals surface area (Å²) >= 11 is 3.00. The predicted molar refractivity (Wildman–Crippen MR) is 25.9 cm³/mol. The topological polar surface area (TPSA) is 0 Å². The van der Waals surface area contributed by atoms with E-state index in [9.17, 15) is 0 Å². The minimum absolute atomic E-state index is 0. The molecule has 0 spiro atoms. The second-order valence-electron chi connectivity index (χ2n) is 0. The fourth-order valence-corrected chi connectivity index (χ4v) is 0. The van der Waals surface area contributed by atoms with Crippen molar-refractivity contribution < 1.29 is 31.0 Å². The van der Waals surface area contributed by atoms with Gasteiger partial charge in [0.15, 0.2) is 17.4 Å². The van der Waals surface area contributed by atoms with Crippen molar-refractivity contribution in [2.45, 2.75) is 0 Å². The van der Waals surface area contributed by atoms with Crippen LogP contribution in [0, 0.1) is 0 Å². The Hall–Kier alpha value is 2.17. The van der Waals surface area contributed by atoms with Crippen molar-refractivity contribution in [3.63, 3.8) is 0 Å². The van der Waals surface area contributed by atoms with Crippen LogP contribution in [-0.4, -0.2) is 17.4 Å². The monoisotopic (exact) mass is 122 g/mol. The minimum Gasteiger partial charge on any atom is -1.00 e. The van der Waals surface area contributed by atoms with Gasteiger partial charge in [-0.2, -0.15) is 0 Å². The van der Waals surface area contributed by atoms with Gasteiger partial charge in [-0.05, 0) is 10.7 Å². The average Bonchev–Trinajstić information content (AvgIpc) is 1.00. The Morgan fingerprint density at radius 1 is 1.50 bits per heavy atom. The van der Waals surface area contributed by atoms with Gasteiger partial charge in [-0.15, -0.1) is 0 Å². The van der Waals surface area contributed by atoms with Crippen LogP contribution in [0.5, 0.6) is 0 Å². The van der Waals surface area contributed by atoms with Crippen molar-refractivity contribution in [2.24, 2.45) is 0 Å². The van der Waals surface area contributed by atoms with E-state index in [0.717, 1.165) is 0 Å². The third-order valence-corrected chi connectivity index (χ3v) is 0. The Morgan fingerprint density at radius 3 is 1.50 bits per heavy atom. The molecule has 0 aromatic rings. The first-order valence-corrected chi connectivity index (χ1v) is 1.52. The van der Waals surface area contributed by atoms with Crippen LogP contribution in [0.2, 0.25) is 0 Å². The summed E-state index contributed by atoms with van der Waals surface area (Å²) in [6, 6.07) is 0. The SMILES string of the molecule is SCl.[AlH3].[H-].[Na+]. The molecule has 4 heteroatoms. The molecule has 22 valence electrons. The number of hydrogen-bond donors (Lipinski definition) is 1. The van der Waals surface area contributed by atoms with Crippen molar-refractivity contribution in [3.8, 4) is 0 Å². The molecule has 0 aliphatic heterocycles. The zero-order valence-corrected chi connectivity index (χ0v) is 5.48. The fourth-order valence-electron chi connectivity index (χ4n) is 0. The molecule has 4 heavy (non-hydrogen) atoms. The molecule has 0 rings (SSSR count). The first kappa shape index (κ1) is 16.4. The fraction of sp³-hybridized carbons (Fsp3) is 0. The minimum atomic E-state index is 0. The number of thiol groups is 1. The van der Waals surface area contributed by atoms with E-state index in [4.69, 9.17) is 0 Å². The zero-order valence-electron chi connectivity index (χ0n) is 2.83. The molecule has 0 heterocycles. The van der Waals surface area contributed by atoms with Crippen molar-refractivity contribution in [1.29, 1.82) is 0 Å². The van der Waals surface area contributed by atoms with E-state index in [0.29, 0.717) is 0 Å². The molecular weight excluding hydrogens is 117 g/mol. The molecule has 0 nitrogen and oxygen atoms in total. The van der Waals surface area contributed by atoms with Crippen LogP contribution in [0.15, 0.2) is 0 Å². The summed E-state index contributed by atoms with van der Waals surface area (Å²) in [6.07, 6.45) is 0. The molecule has 0 radical (unpaired) electrons. The maximum absolute atomic E-state index is 4.33. The van der Waals surface area contributed by atoms with Crippen molar-refractivity contribution in [1.82, 2.24) is 0 Å². The van der Waals surface area contributed by atoms with Gasteiger partial charge in [0.1, 0.15) is 0 Å². The van der Waals surface area contributed by atoms with Crippen molar-refractivity contribution >= 4 is 39.9 Å². The summed E-state index contributed by atoms with van der Waals surface area (Å²) in [5.74, 6) is 0. The van der Waals surface area contributed by atoms with Crippen LogP contribution in [0.4, 0.5) is 0 Å². The average molecular weight is 123 g/mol. The second kappa shape index (κ2) is 19.1. The van der Waals surface area contributed by atoms with Gasteiger partial charge in [0, 0.05) is 0 Å². The molecule has 0 saturated heterocycles. The maximum atomic E-state index is 4.33. The third-order valence-electron chi connectivity index (χ3n) is 0. The number of hydrogen-bond acceptors (Lipinski definition) is 1. The smallest absolute Gasteiger partial charge is 1.00 e. The normalized spacial score (nSPS) is 1.50. The molecule has 0 aromatic heterocycles. The molecule has 0 fully saturated rings. The van der Waals surface area contributed by atoms with Crippen molar-refractivity contribution in [3.05, 3.63) is 0 Å². The summed E-state index contributed by atoms with van der Waals surface area (Å²) in [5, 5.41) is 0. The van der Waals surface area contributed by atoms with Gasteiger partial charge in [-0.1, -0.05) is 11.8 Å². The van der Waals surface area contributed by atoms with Gasteiger partial charge >= 0.3 is 29.6 Å². The molecule has 0 aliphatic carbocycles. The first-order chi connectivity index (χ1) is 1.00. The van der Waals surface area contributed by atoms with E-state index < -0.39 is 0 Å². The van der Waals surface area contributed by atoms with Gasteiger partial charge in [0.25, 0.3) is 0 Å². The molecule has 0 N–H and O–H groups in total. The van der Waals surface area contributed by atoms with Gasteiger partial charge < -0.3 is 1.43 Å². The molecular formula is H5AlClNaS. The van der Waals surface area contributed by atoms with Crippen LogP contribution in [0.3, 0.4) is 0 Å². The maximum Gasteiger partial charge on any atom is 1.00 e. The van der Waals surface area contributed by atoms with Gasteiger partial charge in [-0.25, -0.2) is 0 Å². The quantitative estimate of drug-likeness (QED) is 0.257. The second-order valence-corrected chi connectivity index (χ2v) is 0. The van der Waals surface area contributed by atoms with Crippen LogP contribution in [-0.2, 0) is 0 Å². The molecule has 0 amide bonds. The van der Waals surface area contributed by atoms with Gasteiger partial charge in [-0.3, -0.25) is 0 Å². The molecule has 0 bridgehead atoms. The Bertz CT molecular complexity index is 11.6. The van der Waals surface area contributed by atoms with E-state index in [1.54, 1.807) is 0 Å². The van der Waals surface area contributed by atoms with Crippen LogP contribution < -0.4 is 29.6 Å². The Morgan fingerprint density at radius 2 is 1.50 bits per heavy atom. The molecule has 0 aromatic carbocycles. The van der Waals surface area contributed by atoms with Crippen molar-refractivity contribution in [2.75, 3.05) is 0 Å². The Kier molecular flexibility index (Phi) is 78.3. The van der Waals surface area contributed by atoms with Gasteiger partial charge in [0.2, 0.25) is 0 Å². The Balaban J connectivity index is -0.00000000167. The molecule has 0 saturated carbocycles. The molecule has 0 unspecified atom stereocenters. The van der Waals surface area contributed by atoms with Crippen LogP contribution in [0.1, 0.15) is 1.43 Å². The van der Waals surface area contributed by atoms with E-state index in [-0.39, 0.29) is 48.3 Å². The zero-order chi connectivity index (χ0) is 2.00. The van der Waals surface area contributed by atoms with Crippen LogP contribution in [0.25, 0.3) is 0 Å². The van der Waals surface area contributed by atoms with E-state index in [2.05, 4.69) is 22.5 Å². The van der Waals surface area contributed by atoms with E-state index in [1.807, 2.05) is 0 Å². The summed E-state index contributed by atoms with van der Waals surface area (Å²) < 4.78 is 0. The largest absolute Gasteiger partial charge is 1.00 e. The van der Waals surface area contributed by atoms with E-state index >= 15 is 0 Å². The standard InChI is InChI=1S/Al.ClHS.Na.4H/c;1-2;;;;;/h;2H;;;;;/q;;+1;;;;-1. The summed E-state index contributed by atoms with van der Waals surface area (Å²) in [6.45, 7) is 0. The number of rotatable bonds is 0. The number of halogens is 1. The Labute approximate surface area is 70.1 Å². The summed E-state index contributed by atoms with van der Waals surface area (Å²) in [7, 11) is 4.33. The summed E-state index contributed by atoms with van der Waals surface area (Å²) in [4.78, 5) is 0. The first-order valence-electron chi connectivity index (χ1n) is 0.169. The van der Waals surface area contributed by atoms with E-state index in [1.165, 1.54) is 0 Å². The molecule has 0 aliphatic rings. The third kappa shape index (κ3) is 8.90. The molecule has 0 atom stereocenters. The predicted octanol–water partition coefficient (Wildman–Crippen LogP) is -3.00. The van der Waals surface area contributed by atoms with Crippen LogP contribution >= 0.6 is 22.5 Å².